The molecule has 1 spiro atoms. The zero-order valence-corrected chi connectivity index (χ0v) is 16.2. The van der Waals surface area contributed by atoms with Crippen molar-refractivity contribution in [3.05, 3.63) is 47.7 Å². The lowest BCUT2D eigenvalue weighted by Crippen LogP contribution is -2.41. The second kappa shape index (κ2) is 5.74. The fourth-order valence-corrected chi connectivity index (χ4v) is 5.35. The molecule has 1 aromatic carbocycles. The van der Waals surface area contributed by atoms with E-state index >= 15 is 0 Å². The number of aryl methyl sites for hydroxylation is 1. The van der Waals surface area contributed by atoms with Crippen molar-refractivity contribution in [1.29, 1.82) is 0 Å². The molecular formula is C20H16N4O4S. The number of nitrogens with zero attached hydrogens (tertiary/aromatic N) is 3. The molecule has 0 radical (unpaired) electrons. The minimum absolute atomic E-state index is 0.164. The number of ether oxygens (including phenoxy) is 1. The van der Waals surface area contributed by atoms with Crippen molar-refractivity contribution in [1.82, 2.24) is 10.1 Å². The highest BCUT2D eigenvalue weighted by atomic mass is 32.1. The Bertz CT molecular complexity index is 1200. The van der Waals surface area contributed by atoms with Gasteiger partial charge in [0.2, 0.25) is 11.8 Å². The molecule has 3 aliphatic heterocycles. The van der Waals surface area contributed by atoms with E-state index in [4.69, 9.17) is 9.26 Å². The maximum Gasteiger partial charge on any atom is 0.235 e. The van der Waals surface area contributed by atoms with Gasteiger partial charge in [-0.3, -0.25) is 14.5 Å². The molecule has 3 aliphatic rings. The first-order chi connectivity index (χ1) is 14.0. The van der Waals surface area contributed by atoms with Crippen molar-refractivity contribution < 1.29 is 18.8 Å². The van der Waals surface area contributed by atoms with Gasteiger partial charge in [-0.15, -0.1) is 11.3 Å². The van der Waals surface area contributed by atoms with Crippen LogP contribution in [0.2, 0.25) is 0 Å². The Balaban J connectivity index is 1.30. The monoisotopic (exact) mass is 408 g/mol. The summed E-state index contributed by atoms with van der Waals surface area (Å²) in [6, 6.07) is 7.30. The molecule has 2 bridgehead atoms. The fraction of sp³-hybridized carbons (Fsp3) is 0.300. The summed E-state index contributed by atoms with van der Waals surface area (Å²) in [5.74, 6) is -0.489. The van der Waals surface area contributed by atoms with Crippen molar-refractivity contribution >= 4 is 44.9 Å². The molecule has 0 saturated carbocycles. The maximum absolute atomic E-state index is 13.2. The average molecular weight is 408 g/mol. The number of nitrogens with one attached hydrogen (secondary N) is 1. The molecular weight excluding hydrogens is 392 g/mol. The third-order valence-electron chi connectivity index (χ3n) is 5.89. The number of amides is 2. The topological polar surface area (TPSA) is 97.6 Å². The summed E-state index contributed by atoms with van der Waals surface area (Å²) in [6.45, 7) is 2.10. The number of carbonyl (C=O) groups is 2. The number of fused-ring (bicyclic) bond motifs is 2. The highest BCUT2D eigenvalue weighted by Crippen LogP contribution is 2.52. The quantitative estimate of drug-likeness (QED) is 0.669. The van der Waals surface area contributed by atoms with Crippen LogP contribution in [0.15, 0.2) is 46.5 Å². The molecule has 29 heavy (non-hydrogen) atoms. The summed E-state index contributed by atoms with van der Waals surface area (Å²) in [4.78, 5) is 32.2. The summed E-state index contributed by atoms with van der Waals surface area (Å²) >= 11 is 1.51. The number of anilines is 2. The first-order valence-electron chi connectivity index (χ1n) is 9.30. The van der Waals surface area contributed by atoms with E-state index in [1.54, 1.807) is 23.4 Å². The summed E-state index contributed by atoms with van der Waals surface area (Å²) < 4.78 is 12.3. The van der Waals surface area contributed by atoms with Gasteiger partial charge in [0.25, 0.3) is 0 Å². The Kier molecular flexibility index (Phi) is 3.34. The Hall–Kier alpha value is -3.04. The lowest BCUT2D eigenvalue weighted by molar-refractivity contribution is -0.128. The highest BCUT2D eigenvalue weighted by molar-refractivity contribution is 7.16. The molecule has 8 nitrogen and oxygen atoms in total. The largest absolute Gasteiger partial charge is 0.360 e. The van der Waals surface area contributed by atoms with Crippen molar-refractivity contribution in [2.45, 2.75) is 18.6 Å². The minimum atomic E-state index is -0.793. The first kappa shape index (κ1) is 16.9. The molecule has 2 amide bonds. The van der Waals surface area contributed by atoms with Gasteiger partial charge in [-0.05, 0) is 25.1 Å². The molecule has 4 atom stereocenters. The molecule has 9 heteroatoms. The van der Waals surface area contributed by atoms with Gasteiger partial charge in [0, 0.05) is 11.8 Å². The Morgan fingerprint density at radius 3 is 3.10 bits per heavy atom. The zero-order valence-electron chi connectivity index (χ0n) is 15.4. The molecule has 2 saturated heterocycles. The number of carbonyl (C=O) groups excluding carboxylic acids is 2. The van der Waals surface area contributed by atoms with Crippen molar-refractivity contribution in [2.24, 2.45) is 11.8 Å². The van der Waals surface area contributed by atoms with Gasteiger partial charge in [-0.2, -0.15) is 0 Å². The molecule has 4 unspecified atom stereocenters. The van der Waals surface area contributed by atoms with E-state index in [9.17, 15) is 9.59 Å². The standard InChI is InChI=1S/C20H16N4O4S/c1-10-6-15(23-28-10)24-8-20-5-4-13(27-20)16(17(20)19(24)26)18(25)22-11-2-3-12-14(7-11)29-9-21-12/h2-7,9,13,16-17H,8H2,1H3,(H,22,25). The number of hydrogen-bond acceptors (Lipinski definition) is 7. The van der Waals surface area contributed by atoms with Gasteiger partial charge < -0.3 is 14.6 Å². The van der Waals surface area contributed by atoms with E-state index in [1.165, 1.54) is 11.3 Å². The lowest BCUT2D eigenvalue weighted by atomic mass is 9.77. The van der Waals surface area contributed by atoms with E-state index in [2.05, 4.69) is 15.5 Å². The molecule has 5 heterocycles. The molecule has 6 rings (SSSR count). The van der Waals surface area contributed by atoms with Crippen LogP contribution in [-0.2, 0) is 14.3 Å². The Morgan fingerprint density at radius 2 is 2.28 bits per heavy atom. The summed E-state index contributed by atoms with van der Waals surface area (Å²) in [7, 11) is 0. The zero-order chi connectivity index (χ0) is 19.8. The van der Waals surface area contributed by atoms with Crippen LogP contribution in [-0.4, -0.2) is 40.2 Å². The van der Waals surface area contributed by atoms with E-state index in [0.717, 1.165) is 10.2 Å². The van der Waals surface area contributed by atoms with Crippen LogP contribution in [0.3, 0.4) is 0 Å². The lowest BCUT2D eigenvalue weighted by Gasteiger charge is -2.23. The van der Waals surface area contributed by atoms with Gasteiger partial charge in [0.1, 0.15) is 11.4 Å². The van der Waals surface area contributed by atoms with Gasteiger partial charge >= 0.3 is 0 Å². The highest BCUT2D eigenvalue weighted by Gasteiger charge is 2.67. The molecule has 2 fully saturated rings. The van der Waals surface area contributed by atoms with Crippen LogP contribution in [0, 0.1) is 18.8 Å². The second-order valence-corrected chi connectivity index (χ2v) is 8.53. The second-order valence-electron chi connectivity index (χ2n) is 7.64. The molecule has 3 aromatic rings. The summed E-state index contributed by atoms with van der Waals surface area (Å²) in [5.41, 5.74) is 2.55. The number of benzene rings is 1. The number of hydrogen-bond donors (Lipinski definition) is 1. The summed E-state index contributed by atoms with van der Waals surface area (Å²) in [6.07, 6.45) is 3.40. The third-order valence-corrected chi connectivity index (χ3v) is 6.69. The van der Waals surface area contributed by atoms with Crippen LogP contribution in [0.25, 0.3) is 10.2 Å². The average Bonchev–Trinajstić information content (AvgIpc) is 3.49. The van der Waals surface area contributed by atoms with Crippen LogP contribution in [0.1, 0.15) is 5.76 Å². The van der Waals surface area contributed by atoms with E-state index in [-0.39, 0.29) is 11.8 Å². The molecule has 146 valence electrons. The SMILES string of the molecule is Cc1cc(N2CC34C=CC(O3)C(C(=O)Nc3ccc5ncsc5c3)C4C2=O)no1. The van der Waals surface area contributed by atoms with Crippen LogP contribution in [0.5, 0.6) is 0 Å². The van der Waals surface area contributed by atoms with Gasteiger partial charge in [0.05, 0.1) is 40.2 Å². The molecule has 0 aliphatic carbocycles. The van der Waals surface area contributed by atoms with Gasteiger partial charge in [-0.25, -0.2) is 4.98 Å². The predicted octanol–water partition coefficient (Wildman–Crippen LogP) is 2.52. The predicted molar refractivity (Wildman–Crippen MR) is 106 cm³/mol. The van der Waals surface area contributed by atoms with Gasteiger partial charge in [0.15, 0.2) is 5.82 Å². The summed E-state index contributed by atoms with van der Waals surface area (Å²) in [5, 5.41) is 6.92. The van der Waals surface area contributed by atoms with Crippen molar-refractivity contribution in [3.63, 3.8) is 0 Å². The minimum Gasteiger partial charge on any atom is -0.360 e. The van der Waals surface area contributed by atoms with Crippen molar-refractivity contribution in [3.8, 4) is 0 Å². The molecule has 2 aromatic heterocycles. The number of thiazole rings is 1. The van der Waals surface area contributed by atoms with Crippen LogP contribution in [0.4, 0.5) is 11.5 Å². The third kappa shape index (κ3) is 2.34. The smallest absolute Gasteiger partial charge is 0.235 e. The number of aromatic nitrogens is 2. The van der Waals surface area contributed by atoms with Gasteiger partial charge in [-0.1, -0.05) is 17.3 Å². The van der Waals surface area contributed by atoms with Crippen LogP contribution < -0.4 is 10.2 Å². The maximum atomic E-state index is 13.2. The Labute approximate surface area is 169 Å². The Morgan fingerprint density at radius 1 is 1.38 bits per heavy atom. The van der Waals surface area contributed by atoms with E-state index < -0.39 is 23.5 Å². The number of rotatable bonds is 3. The van der Waals surface area contributed by atoms with Crippen LogP contribution >= 0.6 is 11.3 Å². The van der Waals surface area contributed by atoms with E-state index in [0.29, 0.717) is 23.8 Å². The fourth-order valence-electron chi connectivity index (χ4n) is 4.63. The van der Waals surface area contributed by atoms with E-state index in [1.807, 2.05) is 30.4 Å². The van der Waals surface area contributed by atoms with Crippen molar-refractivity contribution in [2.75, 3.05) is 16.8 Å². The molecule has 1 N–H and O–H groups in total. The normalized spacial score (nSPS) is 29.8. The first-order valence-corrected chi connectivity index (χ1v) is 10.2.